The molecule has 0 saturated carbocycles. The van der Waals surface area contributed by atoms with Crippen molar-refractivity contribution < 1.29 is 14.3 Å². The molecule has 0 bridgehead atoms. The Kier molecular flexibility index (Phi) is 7.75. The van der Waals surface area contributed by atoms with Crippen LogP contribution in [0.15, 0.2) is 47.6 Å². The summed E-state index contributed by atoms with van der Waals surface area (Å²) >= 11 is 9.56. The zero-order valence-corrected chi connectivity index (χ0v) is 18.7. The van der Waals surface area contributed by atoms with Crippen molar-refractivity contribution in [3.63, 3.8) is 0 Å². The normalized spacial score (nSPS) is 15.4. The molecule has 1 saturated heterocycles. The number of halogens is 1. The zero-order chi connectivity index (χ0) is 20.7. The Balaban J connectivity index is 1.55. The summed E-state index contributed by atoms with van der Waals surface area (Å²) < 4.78 is 11.2. The van der Waals surface area contributed by atoms with Crippen molar-refractivity contribution >= 4 is 47.2 Å². The van der Waals surface area contributed by atoms with Gasteiger partial charge in [-0.3, -0.25) is 4.79 Å². The second kappa shape index (κ2) is 10.3. The predicted molar refractivity (Wildman–Crippen MR) is 122 cm³/mol. The molecule has 0 aromatic heterocycles. The summed E-state index contributed by atoms with van der Waals surface area (Å²) in [5.41, 5.74) is 4.42. The Morgan fingerprint density at radius 3 is 2.62 bits per heavy atom. The highest BCUT2D eigenvalue weighted by Gasteiger charge is 2.32. The van der Waals surface area contributed by atoms with E-state index in [9.17, 15) is 4.79 Å². The first kappa shape index (κ1) is 21.9. The third-order valence-corrected chi connectivity index (χ3v) is 7.82. The fourth-order valence-corrected chi connectivity index (χ4v) is 5.75. The molecule has 1 heterocycles. The predicted octanol–water partition coefficient (Wildman–Crippen LogP) is 4.96. The number of ether oxygens (including phenoxy) is 2. The molecule has 0 unspecified atom stereocenters. The first-order valence-electron chi connectivity index (χ1n) is 9.12. The van der Waals surface area contributed by atoms with Gasteiger partial charge >= 0.3 is 0 Å². The monoisotopic (exact) mass is 450 g/mol. The van der Waals surface area contributed by atoms with Crippen molar-refractivity contribution in [3.8, 4) is 11.5 Å². The summed E-state index contributed by atoms with van der Waals surface area (Å²) in [6.45, 7) is 2.51. The lowest BCUT2D eigenvalue weighted by Gasteiger charge is -2.19. The van der Waals surface area contributed by atoms with Crippen molar-refractivity contribution in [2.24, 2.45) is 5.10 Å². The molecule has 2 aromatic rings. The molecule has 29 heavy (non-hydrogen) atoms. The Morgan fingerprint density at radius 1 is 1.21 bits per heavy atom. The van der Waals surface area contributed by atoms with E-state index in [1.807, 2.05) is 66.0 Å². The van der Waals surface area contributed by atoms with Gasteiger partial charge in [0.2, 0.25) is 5.91 Å². The van der Waals surface area contributed by atoms with Crippen molar-refractivity contribution in [2.75, 3.05) is 18.6 Å². The molecule has 1 fully saturated rings. The average molecular weight is 451 g/mol. The number of hydrogen-bond acceptors (Lipinski definition) is 6. The standard InChI is InChI=1S/C21H23ClN2O3S2/c1-21(28-9-10-29-21)12-20(25)24-23-13-16-5-8-18(19(11-16)26-2)27-14-15-3-6-17(22)7-4-15/h3-8,11,13H,9-10,12,14H2,1-2H3,(H,24,25)/b23-13-. The molecule has 3 rings (SSSR count). The highest BCUT2D eigenvalue weighted by atomic mass is 35.5. The van der Waals surface area contributed by atoms with Gasteiger partial charge in [-0.2, -0.15) is 5.10 Å². The molecular weight excluding hydrogens is 428 g/mol. The van der Waals surface area contributed by atoms with Crippen molar-refractivity contribution in [3.05, 3.63) is 58.6 Å². The summed E-state index contributed by atoms with van der Waals surface area (Å²) in [6, 6.07) is 13.0. The molecule has 154 valence electrons. The van der Waals surface area contributed by atoms with Gasteiger partial charge in [0.05, 0.1) is 23.8 Å². The third kappa shape index (κ3) is 6.59. The van der Waals surface area contributed by atoms with E-state index in [2.05, 4.69) is 17.5 Å². The number of methoxy groups -OCH3 is 1. The topological polar surface area (TPSA) is 59.9 Å². The minimum Gasteiger partial charge on any atom is -0.493 e. The van der Waals surface area contributed by atoms with Gasteiger partial charge in [-0.15, -0.1) is 23.5 Å². The van der Waals surface area contributed by atoms with Gasteiger partial charge in [0.1, 0.15) is 6.61 Å². The number of hydrogen-bond donors (Lipinski definition) is 1. The van der Waals surface area contributed by atoms with Crippen LogP contribution in [-0.4, -0.2) is 34.8 Å². The molecule has 0 atom stereocenters. The molecule has 8 heteroatoms. The first-order valence-corrected chi connectivity index (χ1v) is 11.5. The van der Waals surface area contributed by atoms with Gasteiger partial charge in [-0.1, -0.05) is 23.7 Å². The number of rotatable bonds is 8. The Bertz CT molecular complexity index is 869. The SMILES string of the molecule is COc1cc(/C=N\NC(=O)CC2(C)SCCS2)ccc1OCc1ccc(Cl)cc1. The fraction of sp³-hybridized carbons (Fsp3) is 0.333. The quantitative estimate of drug-likeness (QED) is 0.454. The minimum absolute atomic E-state index is 0.0497. The van der Waals surface area contributed by atoms with E-state index in [4.69, 9.17) is 21.1 Å². The van der Waals surface area contributed by atoms with Crippen LogP contribution in [0.1, 0.15) is 24.5 Å². The Morgan fingerprint density at radius 2 is 1.93 bits per heavy atom. The molecule has 5 nitrogen and oxygen atoms in total. The molecule has 0 aliphatic carbocycles. The lowest BCUT2D eigenvalue weighted by molar-refractivity contribution is -0.121. The molecule has 0 radical (unpaired) electrons. The van der Waals surface area contributed by atoms with Gasteiger partial charge in [-0.05, 0) is 48.4 Å². The molecule has 1 amide bonds. The number of nitrogens with zero attached hydrogens (tertiary/aromatic N) is 1. The van der Waals surface area contributed by atoms with Crippen LogP contribution in [0.3, 0.4) is 0 Å². The molecule has 2 aromatic carbocycles. The molecule has 1 aliphatic heterocycles. The smallest absolute Gasteiger partial charge is 0.242 e. The summed E-state index contributed by atoms with van der Waals surface area (Å²) in [5, 5.41) is 4.76. The van der Waals surface area contributed by atoms with Crippen LogP contribution >= 0.6 is 35.1 Å². The maximum Gasteiger partial charge on any atom is 0.242 e. The van der Waals surface area contributed by atoms with Crippen LogP contribution in [0.5, 0.6) is 11.5 Å². The first-order chi connectivity index (χ1) is 14.0. The Labute approximate surface area is 184 Å². The molecule has 1 aliphatic rings. The van der Waals surface area contributed by atoms with Gasteiger partial charge in [0, 0.05) is 16.5 Å². The van der Waals surface area contributed by atoms with E-state index in [1.54, 1.807) is 13.3 Å². The number of nitrogens with one attached hydrogen (secondary N) is 1. The van der Waals surface area contributed by atoms with E-state index < -0.39 is 0 Å². The molecular formula is C21H23ClN2O3S2. The van der Waals surface area contributed by atoms with E-state index in [0.717, 1.165) is 22.6 Å². The van der Waals surface area contributed by atoms with E-state index in [-0.39, 0.29) is 9.99 Å². The van der Waals surface area contributed by atoms with Gasteiger partial charge in [0.15, 0.2) is 11.5 Å². The third-order valence-electron chi connectivity index (χ3n) is 4.28. The zero-order valence-electron chi connectivity index (χ0n) is 16.3. The highest BCUT2D eigenvalue weighted by Crippen LogP contribution is 2.45. The van der Waals surface area contributed by atoms with Crippen LogP contribution in [-0.2, 0) is 11.4 Å². The largest absolute Gasteiger partial charge is 0.493 e. The van der Waals surface area contributed by atoms with Crippen molar-refractivity contribution in [2.45, 2.75) is 24.0 Å². The van der Waals surface area contributed by atoms with Gasteiger partial charge in [-0.25, -0.2) is 5.43 Å². The fourth-order valence-electron chi connectivity index (χ4n) is 2.79. The number of thioether (sulfide) groups is 2. The van der Waals surface area contributed by atoms with Crippen LogP contribution in [0.25, 0.3) is 0 Å². The van der Waals surface area contributed by atoms with E-state index in [1.165, 1.54) is 0 Å². The van der Waals surface area contributed by atoms with Crippen LogP contribution in [0, 0.1) is 0 Å². The number of hydrazone groups is 1. The maximum atomic E-state index is 12.1. The lowest BCUT2D eigenvalue weighted by atomic mass is 10.2. The van der Waals surface area contributed by atoms with Gasteiger partial charge in [0.25, 0.3) is 0 Å². The number of carbonyl (C=O) groups is 1. The average Bonchev–Trinajstić information content (AvgIpc) is 3.13. The maximum absolute atomic E-state index is 12.1. The number of amides is 1. The van der Waals surface area contributed by atoms with E-state index in [0.29, 0.717) is 29.5 Å². The summed E-state index contributed by atoms with van der Waals surface area (Å²) in [7, 11) is 1.59. The second-order valence-electron chi connectivity index (χ2n) is 6.63. The van der Waals surface area contributed by atoms with Crippen LogP contribution in [0.4, 0.5) is 0 Å². The van der Waals surface area contributed by atoms with Crippen LogP contribution < -0.4 is 14.9 Å². The summed E-state index contributed by atoms with van der Waals surface area (Å²) in [5.74, 6) is 3.32. The second-order valence-corrected chi connectivity index (χ2v) is 10.5. The van der Waals surface area contributed by atoms with E-state index >= 15 is 0 Å². The molecule has 0 spiro atoms. The van der Waals surface area contributed by atoms with Crippen LogP contribution in [0.2, 0.25) is 5.02 Å². The minimum atomic E-state index is -0.0828. The van der Waals surface area contributed by atoms with Gasteiger partial charge < -0.3 is 9.47 Å². The summed E-state index contributed by atoms with van der Waals surface area (Å²) in [4.78, 5) is 12.1. The summed E-state index contributed by atoms with van der Waals surface area (Å²) in [6.07, 6.45) is 2.04. The number of carbonyl (C=O) groups excluding carboxylic acids is 1. The Hall–Kier alpha value is -1.83. The molecule has 1 N–H and O–H groups in total. The van der Waals surface area contributed by atoms with Crippen molar-refractivity contribution in [1.29, 1.82) is 0 Å². The highest BCUT2D eigenvalue weighted by molar-refractivity contribution is 8.21. The lowest BCUT2D eigenvalue weighted by Crippen LogP contribution is -2.26. The van der Waals surface area contributed by atoms with Crippen molar-refractivity contribution in [1.82, 2.24) is 5.43 Å². The number of benzene rings is 2.